The van der Waals surface area contributed by atoms with E-state index in [1.54, 1.807) is 7.11 Å². The Morgan fingerprint density at radius 1 is 1.18 bits per heavy atom. The van der Waals surface area contributed by atoms with Gasteiger partial charge in [0.2, 0.25) is 5.91 Å². The number of carbonyl (C=O) groups excluding carboxylic acids is 1. The minimum absolute atomic E-state index is 0. The number of ether oxygens (including phenoxy) is 1. The van der Waals surface area contributed by atoms with Crippen molar-refractivity contribution in [2.45, 2.75) is 51.1 Å². The number of halogens is 1. The largest absolute Gasteiger partial charge is 0.497 e. The molecule has 0 heterocycles. The van der Waals surface area contributed by atoms with Gasteiger partial charge in [-0.2, -0.15) is 0 Å². The third-order valence-electron chi connectivity index (χ3n) is 3.99. The molecule has 22 heavy (non-hydrogen) atoms. The average Bonchev–Trinajstić information content (AvgIpc) is 2.53. The zero-order valence-electron chi connectivity index (χ0n) is 13.3. The smallest absolute Gasteiger partial charge is 0.221 e. The van der Waals surface area contributed by atoms with Crippen LogP contribution >= 0.6 is 12.4 Å². The lowest BCUT2D eigenvalue weighted by Gasteiger charge is -2.22. The summed E-state index contributed by atoms with van der Waals surface area (Å²) < 4.78 is 5.13. The highest BCUT2D eigenvalue weighted by molar-refractivity contribution is 5.85. The van der Waals surface area contributed by atoms with Crippen molar-refractivity contribution in [3.05, 3.63) is 29.8 Å². The molecule has 1 aromatic carbocycles. The molecule has 0 unspecified atom stereocenters. The van der Waals surface area contributed by atoms with Crippen LogP contribution in [0.4, 0.5) is 0 Å². The van der Waals surface area contributed by atoms with E-state index in [0.717, 1.165) is 25.1 Å². The van der Waals surface area contributed by atoms with Crippen LogP contribution in [0.3, 0.4) is 0 Å². The number of rotatable bonds is 7. The predicted molar refractivity (Wildman–Crippen MR) is 91.6 cm³/mol. The second-order valence-electron chi connectivity index (χ2n) is 5.68. The molecule has 0 atom stereocenters. The Morgan fingerprint density at radius 3 is 2.50 bits per heavy atom. The monoisotopic (exact) mass is 326 g/mol. The number of benzene rings is 1. The molecular weight excluding hydrogens is 300 g/mol. The van der Waals surface area contributed by atoms with E-state index in [1.165, 1.54) is 24.8 Å². The van der Waals surface area contributed by atoms with Gasteiger partial charge < -0.3 is 15.4 Å². The molecule has 1 aliphatic carbocycles. The molecule has 5 heteroatoms. The first-order valence-electron chi connectivity index (χ1n) is 7.91. The van der Waals surface area contributed by atoms with E-state index in [9.17, 15) is 4.79 Å². The van der Waals surface area contributed by atoms with Crippen LogP contribution in [0.2, 0.25) is 0 Å². The SMILES string of the molecule is COc1ccc(CNCCC(=O)NC2CCCCC2)cc1.Cl. The first-order valence-corrected chi connectivity index (χ1v) is 7.91. The quantitative estimate of drug-likeness (QED) is 0.757. The van der Waals surface area contributed by atoms with Crippen LogP contribution in [0.1, 0.15) is 44.1 Å². The number of hydrogen-bond donors (Lipinski definition) is 2. The van der Waals surface area contributed by atoms with Crippen LogP contribution in [0, 0.1) is 0 Å². The number of amides is 1. The van der Waals surface area contributed by atoms with Crippen LogP contribution < -0.4 is 15.4 Å². The third-order valence-corrected chi connectivity index (χ3v) is 3.99. The highest BCUT2D eigenvalue weighted by Gasteiger charge is 2.14. The molecule has 1 aromatic rings. The lowest BCUT2D eigenvalue weighted by molar-refractivity contribution is -0.121. The maximum absolute atomic E-state index is 11.8. The van der Waals surface area contributed by atoms with Gasteiger partial charge in [-0.3, -0.25) is 4.79 Å². The van der Waals surface area contributed by atoms with Crippen molar-refractivity contribution in [3.63, 3.8) is 0 Å². The Morgan fingerprint density at radius 2 is 1.86 bits per heavy atom. The van der Waals surface area contributed by atoms with Crippen LogP contribution in [0.5, 0.6) is 5.75 Å². The topological polar surface area (TPSA) is 50.4 Å². The van der Waals surface area contributed by atoms with E-state index in [4.69, 9.17) is 4.74 Å². The lowest BCUT2D eigenvalue weighted by Crippen LogP contribution is -2.37. The molecule has 0 aromatic heterocycles. The Bertz CT molecular complexity index is 431. The molecule has 1 fully saturated rings. The van der Waals surface area contributed by atoms with Crippen molar-refractivity contribution in [3.8, 4) is 5.75 Å². The van der Waals surface area contributed by atoms with E-state index >= 15 is 0 Å². The van der Waals surface area contributed by atoms with Gasteiger partial charge >= 0.3 is 0 Å². The lowest BCUT2D eigenvalue weighted by atomic mass is 9.95. The number of nitrogens with one attached hydrogen (secondary N) is 2. The first kappa shape index (κ1) is 18.8. The molecule has 4 nitrogen and oxygen atoms in total. The van der Waals surface area contributed by atoms with Gasteiger partial charge in [0.15, 0.2) is 0 Å². The van der Waals surface area contributed by atoms with Crippen molar-refractivity contribution >= 4 is 18.3 Å². The minimum atomic E-state index is 0. The Hall–Kier alpha value is -1.26. The maximum atomic E-state index is 11.8. The summed E-state index contributed by atoms with van der Waals surface area (Å²) in [5, 5.41) is 6.44. The summed E-state index contributed by atoms with van der Waals surface area (Å²) in [5.41, 5.74) is 1.20. The summed E-state index contributed by atoms with van der Waals surface area (Å²) in [6, 6.07) is 8.38. The van der Waals surface area contributed by atoms with Gasteiger partial charge in [0.25, 0.3) is 0 Å². The van der Waals surface area contributed by atoms with Gasteiger partial charge in [0.1, 0.15) is 5.75 Å². The van der Waals surface area contributed by atoms with Gasteiger partial charge in [-0.05, 0) is 30.5 Å². The van der Waals surface area contributed by atoms with Gasteiger partial charge in [-0.15, -0.1) is 12.4 Å². The standard InChI is InChI=1S/C17H26N2O2.ClH/c1-21-16-9-7-14(8-10-16)13-18-12-11-17(20)19-15-5-3-2-4-6-15;/h7-10,15,18H,2-6,11-13H2,1H3,(H,19,20);1H. The summed E-state index contributed by atoms with van der Waals surface area (Å²) in [6.07, 6.45) is 6.65. The molecule has 1 aliphatic rings. The average molecular weight is 327 g/mol. The zero-order chi connectivity index (χ0) is 14.9. The van der Waals surface area contributed by atoms with E-state index in [0.29, 0.717) is 19.0 Å². The van der Waals surface area contributed by atoms with Crippen LogP contribution in [-0.2, 0) is 11.3 Å². The van der Waals surface area contributed by atoms with Crippen LogP contribution in [0.25, 0.3) is 0 Å². The highest BCUT2D eigenvalue weighted by Crippen LogP contribution is 2.17. The summed E-state index contributed by atoms with van der Waals surface area (Å²) in [4.78, 5) is 11.8. The maximum Gasteiger partial charge on any atom is 0.221 e. The molecule has 0 bridgehead atoms. The van der Waals surface area contributed by atoms with Crippen molar-refractivity contribution in [1.82, 2.24) is 10.6 Å². The van der Waals surface area contributed by atoms with Crippen LogP contribution in [0.15, 0.2) is 24.3 Å². The van der Waals surface area contributed by atoms with Gasteiger partial charge in [0.05, 0.1) is 7.11 Å². The van der Waals surface area contributed by atoms with E-state index in [1.807, 2.05) is 24.3 Å². The summed E-state index contributed by atoms with van der Waals surface area (Å²) in [7, 11) is 1.66. The summed E-state index contributed by atoms with van der Waals surface area (Å²) in [5.74, 6) is 1.04. The molecule has 124 valence electrons. The van der Waals surface area contributed by atoms with E-state index < -0.39 is 0 Å². The van der Waals surface area contributed by atoms with E-state index in [2.05, 4.69) is 10.6 Å². The molecule has 1 saturated carbocycles. The Balaban J connectivity index is 0.00000242. The Labute approximate surface area is 139 Å². The molecular formula is C17H27ClN2O2. The second-order valence-corrected chi connectivity index (χ2v) is 5.68. The predicted octanol–water partition coefficient (Wildman–Crippen LogP) is 3.05. The van der Waals surface area contributed by atoms with Crippen molar-refractivity contribution in [2.24, 2.45) is 0 Å². The normalized spacial score (nSPS) is 15.0. The number of hydrogen-bond acceptors (Lipinski definition) is 3. The van der Waals surface area contributed by atoms with Crippen molar-refractivity contribution in [1.29, 1.82) is 0 Å². The molecule has 0 radical (unpaired) electrons. The summed E-state index contributed by atoms with van der Waals surface area (Å²) in [6.45, 7) is 1.49. The second kappa shape index (κ2) is 10.5. The summed E-state index contributed by atoms with van der Waals surface area (Å²) >= 11 is 0. The number of carbonyl (C=O) groups is 1. The van der Waals surface area contributed by atoms with Gasteiger partial charge in [-0.25, -0.2) is 0 Å². The van der Waals surface area contributed by atoms with Crippen molar-refractivity contribution < 1.29 is 9.53 Å². The first-order chi connectivity index (χ1) is 10.3. The molecule has 1 amide bonds. The van der Waals surface area contributed by atoms with Gasteiger partial charge in [0, 0.05) is 25.6 Å². The zero-order valence-corrected chi connectivity index (χ0v) is 14.1. The molecule has 2 rings (SSSR count). The van der Waals surface area contributed by atoms with Gasteiger partial charge in [-0.1, -0.05) is 31.4 Å². The fourth-order valence-corrected chi connectivity index (χ4v) is 2.72. The fraction of sp³-hybridized carbons (Fsp3) is 0.588. The fourth-order valence-electron chi connectivity index (χ4n) is 2.72. The third kappa shape index (κ3) is 6.67. The minimum Gasteiger partial charge on any atom is -0.497 e. The molecule has 2 N–H and O–H groups in total. The molecule has 0 aliphatic heterocycles. The number of methoxy groups -OCH3 is 1. The molecule has 0 spiro atoms. The molecule has 0 saturated heterocycles. The van der Waals surface area contributed by atoms with Crippen LogP contribution in [-0.4, -0.2) is 25.6 Å². The van der Waals surface area contributed by atoms with E-state index in [-0.39, 0.29) is 18.3 Å². The Kier molecular flexibility index (Phi) is 8.94. The highest BCUT2D eigenvalue weighted by atomic mass is 35.5. The van der Waals surface area contributed by atoms with Crippen molar-refractivity contribution in [2.75, 3.05) is 13.7 Å².